The molecule has 27 heavy (non-hydrogen) atoms. The van der Waals surface area contributed by atoms with Crippen LogP contribution < -0.4 is 12.4 Å². The Kier molecular flexibility index (Phi) is 24.0. The minimum atomic E-state index is 0. The molecule has 0 aliphatic carbocycles. The van der Waals surface area contributed by atoms with Gasteiger partial charge in [0.15, 0.2) is 0 Å². The van der Waals surface area contributed by atoms with E-state index < -0.39 is 0 Å². The number of allylic oxidation sites excluding steroid dienone is 2. The largest absolute Gasteiger partial charge is 1.00 e. The van der Waals surface area contributed by atoms with Crippen LogP contribution in [0, 0.1) is 0 Å². The number of quaternary nitrogens is 1. The van der Waals surface area contributed by atoms with Gasteiger partial charge in [-0.25, -0.2) is 0 Å². The zero-order chi connectivity index (χ0) is 19.3. The number of unbranched alkanes of at least 4 members (excludes halogenated alkanes) is 12. The summed E-state index contributed by atoms with van der Waals surface area (Å²) in [5.41, 5.74) is 0. The van der Waals surface area contributed by atoms with Crippen molar-refractivity contribution in [2.24, 2.45) is 0 Å². The second-order valence-electron chi connectivity index (χ2n) is 8.92. The molecule has 0 saturated carbocycles. The molecule has 0 N–H and O–H groups in total. The maximum atomic E-state index is 5.73. The quantitative estimate of drug-likeness (QED) is 0.168. The van der Waals surface area contributed by atoms with Gasteiger partial charge in [0.05, 0.1) is 34.3 Å². The summed E-state index contributed by atoms with van der Waals surface area (Å²) in [6.07, 6.45) is 25.1. The second-order valence-corrected chi connectivity index (χ2v) is 8.92. The van der Waals surface area contributed by atoms with E-state index in [1.807, 2.05) is 0 Å². The topological polar surface area (TPSA) is 9.23 Å². The third kappa shape index (κ3) is 28.3. The first-order valence-electron chi connectivity index (χ1n) is 11.6. The van der Waals surface area contributed by atoms with E-state index in [2.05, 4.69) is 40.2 Å². The van der Waals surface area contributed by atoms with Gasteiger partial charge in [-0.1, -0.05) is 76.9 Å². The predicted molar refractivity (Wildman–Crippen MR) is 118 cm³/mol. The normalized spacial score (nSPS) is 11.9. The predicted octanol–water partition coefficient (Wildman–Crippen LogP) is 4.14. The number of nitrogens with zero attached hydrogens (tertiary/aromatic N) is 1. The first-order chi connectivity index (χ1) is 12.6. The maximum Gasteiger partial charge on any atom is 0.0802 e. The summed E-state index contributed by atoms with van der Waals surface area (Å²) in [4.78, 5) is 0. The fourth-order valence-corrected chi connectivity index (χ4v) is 3.19. The summed E-state index contributed by atoms with van der Waals surface area (Å²) in [6.45, 7) is 5.37. The van der Waals surface area contributed by atoms with Crippen LogP contribution in [0.3, 0.4) is 0 Å². The minimum absolute atomic E-state index is 0. The lowest BCUT2D eigenvalue weighted by Crippen LogP contribution is -3.00. The molecule has 0 amide bonds. The van der Waals surface area contributed by atoms with Crippen molar-refractivity contribution in [3.05, 3.63) is 12.2 Å². The zero-order valence-electron chi connectivity index (χ0n) is 19.1. The fraction of sp³-hybridized carbons (Fsp3) is 0.917. The van der Waals surface area contributed by atoms with Crippen LogP contribution in [-0.2, 0) is 4.74 Å². The average Bonchev–Trinajstić information content (AvgIpc) is 2.59. The van der Waals surface area contributed by atoms with Gasteiger partial charge in [-0.3, -0.25) is 0 Å². The molecule has 0 aliphatic rings. The van der Waals surface area contributed by atoms with Crippen LogP contribution in [0.5, 0.6) is 0 Å². The Morgan fingerprint density at radius 2 is 1.04 bits per heavy atom. The highest BCUT2D eigenvalue weighted by molar-refractivity contribution is 4.81. The van der Waals surface area contributed by atoms with E-state index in [0.29, 0.717) is 0 Å². The minimum Gasteiger partial charge on any atom is -1.00 e. The van der Waals surface area contributed by atoms with Crippen LogP contribution in [0.4, 0.5) is 0 Å². The molecule has 0 unspecified atom stereocenters. The monoisotopic (exact) mass is 403 g/mol. The molecular formula is C24H50ClNO. The molecule has 0 aromatic heterocycles. The van der Waals surface area contributed by atoms with Crippen molar-refractivity contribution in [3.8, 4) is 0 Å². The van der Waals surface area contributed by atoms with E-state index in [0.717, 1.165) is 17.7 Å². The molecular weight excluding hydrogens is 354 g/mol. The third-order valence-corrected chi connectivity index (χ3v) is 4.92. The number of halogens is 1. The number of hydrogen-bond acceptors (Lipinski definition) is 1. The number of rotatable bonds is 20. The summed E-state index contributed by atoms with van der Waals surface area (Å²) in [6, 6.07) is 0. The Morgan fingerprint density at radius 3 is 1.56 bits per heavy atom. The Labute approximate surface area is 178 Å². The molecule has 0 aromatic carbocycles. The van der Waals surface area contributed by atoms with Crippen molar-refractivity contribution in [2.45, 2.75) is 103 Å². The second kappa shape index (κ2) is 22.2. The van der Waals surface area contributed by atoms with E-state index >= 15 is 0 Å². The van der Waals surface area contributed by atoms with Gasteiger partial charge in [0.2, 0.25) is 0 Å². The lowest BCUT2D eigenvalue weighted by Gasteiger charge is -2.23. The molecule has 3 heteroatoms. The van der Waals surface area contributed by atoms with Crippen molar-refractivity contribution in [2.75, 3.05) is 40.9 Å². The molecule has 2 nitrogen and oxygen atoms in total. The summed E-state index contributed by atoms with van der Waals surface area (Å²) in [5, 5.41) is 0. The molecule has 0 saturated heterocycles. The van der Waals surface area contributed by atoms with Gasteiger partial charge in [-0.2, -0.15) is 0 Å². The smallest absolute Gasteiger partial charge is 0.0802 e. The van der Waals surface area contributed by atoms with Crippen molar-refractivity contribution < 1.29 is 21.6 Å². The van der Waals surface area contributed by atoms with Crippen LogP contribution in [0.25, 0.3) is 0 Å². The van der Waals surface area contributed by atoms with E-state index in [-0.39, 0.29) is 12.4 Å². The van der Waals surface area contributed by atoms with Crippen LogP contribution >= 0.6 is 0 Å². The lowest BCUT2D eigenvalue weighted by atomic mass is 10.1. The first-order valence-corrected chi connectivity index (χ1v) is 11.6. The average molecular weight is 404 g/mol. The molecule has 0 bridgehead atoms. The Hall–Kier alpha value is -0.0500. The van der Waals surface area contributed by atoms with Crippen LogP contribution in [-0.4, -0.2) is 45.4 Å². The summed E-state index contributed by atoms with van der Waals surface area (Å²) < 4.78 is 6.77. The first kappa shape index (κ1) is 29.2. The van der Waals surface area contributed by atoms with Crippen LogP contribution in [0.15, 0.2) is 12.2 Å². The highest BCUT2D eigenvalue weighted by Gasteiger charge is 2.05. The van der Waals surface area contributed by atoms with Gasteiger partial charge in [0.25, 0.3) is 0 Å². The summed E-state index contributed by atoms with van der Waals surface area (Å²) in [7, 11) is 6.72. The molecule has 164 valence electrons. The van der Waals surface area contributed by atoms with Crippen molar-refractivity contribution in [1.82, 2.24) is 0 Å². The van der Waals surface area contributed by atoms with Gasteiger partial charge in [-0.05, 0) is 32.1 Å². The lowest BCUT2D eigenvalue weighted by molar-refractivity contribution is -0.870. The van der Waals surface area contributed by atoms with Gasteiger partial charge in [-0.15, -0.1) is 0 Å². The molecule has 0 rings (SSSR count). The molecule has 0 spiro atoms. The standard InChI is InChI=1S/C24H50NO.ClH/c1-5-6-7-8-9-10-11-12-13-14-15-16-17-18-19-20-23-26-24-21-22-25(2,3)4;/h12-13H,5-11,14-24H2,1-4H3;1H/q+1;/p-1/b13-12-;. The highest BCUT2D eigenvalue weighted by atomic mass is 35.5. The summed E-state index contributed by atoms with van der Waals surface area (Å²) >= 11 is 0. The molecule has 0 radical (unpaired) electrons. The van der Waals surface area contributed by atoms with Crippen molar-refractivity contribution >= 4 is 0 Å². The van der Waals surface area contributed by atoms with Gasteiger partial charge >= 0.3 is 0 Å². The third-order valence-electron chi connectivity index (χ3n) is 4.92. The number of hydrogen-bond donors (Lipinski definition) is 0. The van der Waals surface area contributed by atoms with Gasteiger partial charge < -0.3 is 21.6 Å². The maximum absolute atomic E-state index is 5.73. The molecule has 0 aromatic rings. The van der Waals surface area contributed by atoms with Gasteiger partial charge in [0, 0.05) is 13.0 Å². The van der Waals surface area contributed by atoms with Crippen LogP contribution in [0.2, 0.25) is 0 Å². The Morgan fingerprint density at radius 1 is 0.593 bits per heavy atom. The van der Waals surface area contributed by atoms with E-state index in [4.69, 9.17) is 4.74 Å². The highest BCUT2D eigenvalue weighted by Crippen LogP contribution is 2.10. The van der Waals surface area contributed by atoms with E-state index in [1.165, 1.54) is 103 Å². The van der Waals surface area contributed by atoms with Crippen molar-refractivity contribution in [1.29, 1.82) is 0 Å². The number of ether oxygens (including phenoxy) is 1. The fourth-order valence-electron chi connectivity index (χ4n) is 3.19. The Balaban J connectivity index is 0. The molecule has 0 fully saturated rings. The SMILES string of the molecule is CCCCCCCC/C=C\CCCCCCCCOCCC[N+](C)(C)C.[Cl-]. The van der Waals surface area contributed by atoms with Crippen LogP contribution in [0.1, 0.15) is 103 Å². The molecule has 0 atom stereocenters. The molecule has 0 heterocycles. The Bertz CT molecular complexity index is 299. The summed E-state index contributed by atoms with van der Waals surface area (Å²) in [5.74, 6) is 0. The van der Waals surface area contributed by atoms with Gasteiger partial charge in [0.1, 0.15) is 0 Å². The zero-order valence-corrected chi connectivity index (χ0v) is 19.9. The van der Waals surface area contributed by atoms with Crippen molar-refractivity contribution in [3.63, 3.8) is 0 Å². The molecule has 0 aliphatic heterocycles. The van der Waals surface area contributed by atoms with E-state index in [1.54, 1.807) is 0 Å². The van der Waals surface area contributed by atoms with E-state index in [9.17, 15) is 0 Å².